The molecule has 0 saturated carbocycles. The molecule has 88 valence electrons. The highest BCUT2D eigenvalue weighted by molar-refractivity contribution is 7.50. The molecule has 0 aliphatic rings. The first-order chi connectivity index (χ1) is 8.04. The van der Waals surface area contributed by atoms with E-state index in [1.165, 1.54) is 0 Å². The number of hydrogen-bond donors (Lipinski definition) is 2. The first kappa shape index (κ1) is 12.0. The lowest BCUT2D eigenvalue weighted by Gasteiger charge is -2.05. The van der Waals surface area contributed by atoms with E-state index < -0.39 is 7.60 Å². The van der Waals surface area contributed by atoms with Crippen LogP contribution in [0.5, 0.6) is 0 Å². The Labute approximate surface area is 99.1 Å². The molecule has 5 heteroatoms. The topological polar surface area (TPSA) is 70.4 Å². The molecule has 0 atom stereocenters. The molecule has 0 spiro atoms. The molecular weight excluding hydrogens is 237 g/mol. The van der Waals surface area contributed by atoms with Crippen LogP contribution in [0.1, 0.15) is 5.69 Å². The van der Waals surface area contributed by atoms with Gasteiger partial charge in [0.15, 0.2) is 0 Å². The third kappa shape index (κ3) is 3.49. The molecule has 0 unspecified atom stereocenters. The molecule has 0 aliphatic heterocycles. The minimum atomic E-state index is -4.06. The molecular formula is C12H12NO3P. The highest BCUT2D eigenvalue weighted by Crippen LogP contribution is 2.38. The fourth-order valence-electron chi connectivity index (χ4n) is 1.55. The van der Waals surface area contributed by atoms with Crippen molar-refractivity contribution in [2.75, 3.05) is 0 Å². The normalized spacial score (nSPS) is 11.4. The molecule has 2 N–H and O–H groups in total. The van der Waals surface area contributed by atoms with Gasteiger partial charge in [-0.1, -0.05) is 36.4 Å². The van der Waals surface area contributed by atoms with Gasteiger partial charge in [0.1, 0.15) is 0 Å². The lowest BCUT2D eigenvalue weighted by atomic mass is 10.1. The average molecular weight is 249 g/mol. The van der Waals surface area contributed by atoms with Gasteiger partial charge in [-0.05, 0) is 12.1 Å². The molecule has 17 heavy (non-hydrogen) atoms. The van der Waals surface area contributed by atoms with Crippen LogP contribution in [0.15, 0.2) is 48.5 Å². The van der Waals surface area contributed by atoms with Crippen LogP contribution >= 0.6 is 7.60 Å². The van der Waals surface area contributed by atoms with Crippen LogP contribution in [0.4, 0.5) is 0 Å². The maximum absolute atomic E-state index is 10.9. The Hall–Kier alpha value is -1.48. The number of rotatable bonds is 3. The summed E-state index contributed by atoms with van der Waals surface area (Å²) in [5.74, 6) is 0. The number of pyridine rings is 1. The largest absolute Gasteiger partial charge is 0.331 e. The molecule has 1 heterocycles. The predicted molar refractivity (Wildman–Crippen MR) is 65.4 cm³/mol. The van der Waals surface area contributed by atoms with Gasteiger partial charge in [0.05, 0.1) is 17.5 Å². The number of benzene rings is 1. The third-order valence-electron chi connectivity index (χ3n) is 2.24. The van der Waals surface area contributed by atoms with Crippen molar-refractivity contribution in [1.82, 2.24) is 4.98 Å². The van der Waals surface area contributed by atoms with Crippen LogP contribution < -0.4 is 0 Å². The fraction of sp³-hybridized carbons (Fsp3) is 0.0833. The molecule has 2 aromatic rings. The van der Waals surface area contributed by atoms with Crippen molar-refractivity contribution in [3.05, 3.63) is 54.2 Å². The standard InChI is InChI=1S/C12H12NO3P/c14-17(15,16)9-11-7-4-8-12(13-11)10-5-2-1-3-6-10/h1-8H,9H2,(H2,14,15,16). The van der Waals surface area contributed by atoms with E-state index in [2.05, 4.69) is 4.98 Å². The molecule has 0 aliphatic carbocycles. The Balaban J connectivity index is 2.32. The van der Waals surface area contributed by atoms with Gasteiger partial charge in [-0.25, -0.2) is 0 Å². The second-order valence-electron chi connectivity index (χ2n) is 3.70. The third-order valence-corrected chi connectivity index (χ3v) is 2.98. The second kappa shape index (κ2) is 4.80. The predicted octanol–water partition coefficient (Wildman–Crippen LogP) is 2.43. The van der Waals surface area contributed by atoms with Gasteiger partial charge in [-0.2, -0.15) is 0 Å². The summed E-state index contributed by atoms with van der Waals surface area (Å²) in [5, 5.41) is 0. The summed E-state index contributed by atoms with van der Waals surface area (Å²) in [7, 11) is -4.06. The Morgan fingerprint density at radius 2 is 1.71 bits per heavy atom. The second-order valence-corrected chi connectivity index (χ2v) is 5.35. The SMILES string of the molecule is O=P(O)(O)Cc1cccc(-c2ccccc2)n1. The van der Waals surface area contributed by atoms with E-state index in [1.54, 1.807) is 12.1 Å². The highest BCUT2D eigenvalue weighted by Gasteiger charge is 2.15. The van der Waals surface area contributed by atoms with E-state index in [0.29, 0.717) is 5.69 Å². The molecule has 1 aromatic heterocycles. The van der Waals surface area contributed by atoms with Crippen molar-refractivity contribution in [3.8, 4) is 11.3 Å². The summed E-state index contributed by atoms with van der Waals surface area (Å²) in [6.45, 7) is 0. The Morgan fingerprint density at radius 1 is 1.00 bits per heavy atom. The van der Waals surface area contributed by atoms with Crippen molar-refractivity contribution in [3.63, 3.8) is 0 Å². The highest BCUT2D eigenvalue weighted by atomic mass is 31.2. The maximum Gasteiger partial charge on any atom is 0.331 e. The van der Waals surface area contributed by atoms with Crippen LogP contribution in [0.2, 0.25) is 0 Å². The molecule has 2 rings (SSSR count). The van der Waals surface area contributed by atoms with Crippen LogP contribution in [0.25, 0.3) is 11.3 Å². The summed E-state index contributed by atoms with van der Waals surface area (Å²) in [6.07, 6.45) is -0.326. The van der Waals surface area contributed by atoms with Crippen molar-refractivity contribution < 1.29 is 14.4 Å². The lowest BCUT2D eigenvalue weighted by molar-refractivity contribution is 0.371. The van der Waals surface area contributed by atoms with Gasteiger partial charge in [0.25, 0.3) is 0 Å². The maximum atomic E-state index is 10.9. The van der Waals surface area contributed by atoms with Crippen LogP contribution in [0, 0.1) is 0 Å². The smallest absolute Gasteiger partial charge is 0.324 e. The van der Waals surface area contributed by atoms with E-state index in [4.69, 9.17) is 9.79 Å². The molecule has 0 bridgehead atoms. The first-order valence-electron chi connectivity index (χ1n) is 5.10. The monoisotopic (exact) mass is 249 g/mol. The summed E-state index contributed by atoms with van der Waals surface area (Å²) >= 11 is 0. The van der Waals surface area contributed by atoms with Crippen LogP contribution in [-0.2, 0) is 10.7 Å². The van der Waals surface area contributed by atoms with E-state index in [9.17, 15) is 4.57 Å². The summed E-state index contributed by atoms with van der Waals surface area (Å²) in [5.41, 5.74) is 2.05. The number of nitrogens with zero attached hydrogens (tertiary/aromatic N) is 1. The first-order valence-corrected chi connectivity index (χ1v) is 6.90. The van der Waals surface area contributed by atoms with Crippen LogP contribution in [-0.4, -0.2) is 14.8 Å². The zero-order valence-electron chi connectivity index (χ0n) is 9.02. The quantitative estimate of drug-likeness (QED) is 0.819. The zero-order valence-corrected chi connectivity index (χ0v) is 9.92. The van der Waals surface area contributed by atoms with Crippen molar-refractivity contribution in [1.29, 1.82) is 0 Å². The Bertz CT molecular complexity index is 551. The van der Waals surface area contributed by atoms with Gasteiger partial charge in [0.2, 0.25) is 0 Å². The Kier molecular flexibility index (Phi) is 3.38. The van der Waals surface area contributed by atoms with Crippen LogP contribution in [0.3, 0.4) is 0 Å². The van der Waals surface area contributed by atoms with E-state index in [1.807, 2.05) is 36.4 Å². The molecule has 1 aromatic carbocycles. The van der Waals surface area contributed by atoms with E-state index in [-0.39, 0.29) is 6.16 Å². The van der Waals surface area contributed by atoms with E-state index in [0.717, 1.165) is 11.3 Å². The molecule has 4 nitrogen and oxygen atoms in total. The Morgan fingerprint density at radius 3 is 2.35 bits per heavy atom. The summed E-state index contributed by atoms with van der Waals surface area (Å²) in [4.78, 5) is 22.0. The minimum Gasteiger partial charge on any atom is -0.324 e. The van der Waals surface area contributed by atoms with Gasteiger partial charge in [-0.3, -0.25) is 9.55 Å². The van der Waals surface area contributed by atoms with Gasteiger partial charge >= 0.3 is 7.60 Å². The van der Waals surface area contributed by atoms with Gasteiger partial charge in [-0.15, -0.1) is 0 Å². The minimum absolute atomic E-state index is 0.326. The van der Waals surface area contributed by atoms with Gasteiger partial charge in [0, 0.05) is 5.56 Å². The summed E-state index contributed by atoms with van der Waals surface area (Å²) < 4.78 is 10.9. The molecule has 0 fully saturated rings. The number of aromatic nitrogens is 1. The van der Waals surface area contributed by atoms with Crippen molar-refractivity contribution >= 4 is 7.60 Å². The fourth-order valence-corrected chi connectivity index (χ4v) is 2.15. The van der Waals surface area contributed by atoms with Gasteiger partial charge < -0.3 is 9.79 Å². The average Bonchev–Trinajstić information content (AvgIpc) is 2.28. The van der Waals surface area contributed by atoms with Crippen molar-refractivity contribution in [2.45, 2.75) is 6.16 Å². The lowest BCUT2D eigenvalue weighted by Crippen LogP contribution is -1.93. The van der Waals surface area contributed by atoms with E-state index >= 15 is 0 Å². The molecule has 0 radical (unpaired) electrons. The zero-order chi connectivity index (χ0) is 12.3. The van der Waals surface area contributed by atoms with Crippen molar-refractivity contribution in [2.24, 2.45) is 0 Å². The molecule has 0 saturated heterocycles. The number of hydrogen-bond acceptors (Lipinski definition) is 2. The molecule has 0 amide bonds. The summed E-state index contributed by atoms with van der Waals surface area (Å²) in [6, 6.07) is 14.7.